The molecule has 0 nitrogen and oxygen atoms in total. The van der Waals surface area contributed by atoms with Gasteiger partial charge < -0.3 is 0 Å². The van der Waals surface area contributed by atoms with Gasteiger partial charge in [-0.2, -0.15) is 0 Å². The molecule has 0 aliphatic heterocycles. The van der Waals surface area contributed by atoms with Gasteiger partial charge in [0.05, 0.1) is 0 Å². The molecule has 0 aromatic rings. The predicted molar refractivity (Wildman–Crippen MR) is 14.5 cm³/mol. The molecule has 0 amide bonds. The van der Waals surface area contributed by atoms with Gasteiger partial charge in [-0.05, 0) is 0 Å². The summed E-state index contributed by atoms with van der Waals surface area (Å²) in [5.41, 5.74) is 0. The van der Waals surface area contributed by atoms with Crippen molar-refractivity contribution in [3.8, 4) is 0 Å². The van der Waals surface area contributed by atoms with Gasteiger partial charge in [0.2, 0.25) is 0 Å². The molecule has 0 saturated heterocycles. The van der Waals surface area contributed by atoms with Crippen LogP contribution in [0.4, 0.5) is 0 Å². The average Bonchev–Trinajstić information content (AvgIpc) is 1.00. The summed E-state index contributed by atoms with van der Waals surface area (Å²) in [6, 6.07) is 0. The van der Waals surface area contributed by atoms with E-state index in [1.165, 1.54) is 0 Å². The maximum absolute atomic E-state index is 3.83. The summed E-state index contributed by atoms with van der Waals surface area (Å²) in [7, 11) is 3.83. The molecule has 0 rings (SSSR count). The fourth-order valence-corrected chi connectivity index (χ4v) is 0. The molecule has 0 N–H and O–H groups in total. The van der Waals surface area contributed by atoms with Gasteiger partial charge in [0.25, 0.3) is 0 Å². The van der Waals surface area contributed by atoms with Crippen LogP contribution in [0.25, 0.3) is 0 Å². The van der Waals surface area contributed by atoms with Gasteiger partial charge in [-0.15, -0.1) is 0 Å². The van der Waals surface area contributed by atoms with Crippen LogP contribution in [0.15, 0.2) is 0 Å². The van der Waals surface area contributed by atoms with Gasteiger partial charge in [-0.1, -0.05) is 0 Å². The normalized spacial score (nSPS) is 1.00. The van der Waals surface area contributed by atoms with E-state index in [0.29, 0.717) is 0 Å². The van der Waals surface area contributed by atoms with E-state index in [0.717, 1.165) is 0 Å². The van der Waals surface area contributed by atoms with Crippen molar-refractivity contribution < 1.29 is 36.8 Å². The molecule has 0 atom stereocenters. The SMILES string of the molecule is [Au+3].[P+3].[S]=[Fe+]. The standard InChI is InChI=1S/Au.Fe.P.S/q+3;+1;+3;. The van der Waals surface area contributed by atoms with E-state index in [1.54, 1.807) is 0 Å². The van der Waals surface area contributed by atoms with E-state index in [2.05, 4.69) is 24.9 Å². The Kier molecular flexibility index (Phi) is 86.6. The second kappa shape index (κ2) is 20.6. The summed E-state index contributed by atoms with van der Waals surface area (Å²) in [4.78, 5) is 0. The Labute approximate surface area is 56.9 Å². The van der Waals surface area contributed by atoms with Crippen LogP contribution in [0, 0.1) is 0 Å². The van der Waals surface area contributed by atoms with Crippen LogP contribution in [0.2, 0.25) is 0 Å². The molecular weight excluding hydrogens is 316 g/mol. The van der Waals surface area contributed by atoms with E-state index in [1.807, 2.05) is 0 Å². The first-order valence-corrected chi connectivity index (χ1v) is 1.79. The number of hydrogen-bond acceptors (Lipinski definition) is 1. The molecule has 0 unspecified atom stereocenters. The third-order valence-electron chi connectivity index (χ3n) is 0. The van der Waals surface area contributed by atoms with Crippen LogP contribution in [0.1, 0.15) is 0 Å². The monoisotopic (exact) mass is 316 g/mol. The topological polar surface area (TPSA) is 0 Å². The molecular formula is AuFePS+7. The number of hydrogen-bond donors (Lipinski definition) is 0. The summed E-state index contributed by atoms with van der Waals surface area (Å²) in [5.74, 6) is 0. The van der Waals surface area contributed by atoms with E-state index in [4.69, 9.17) is 0 Å². The molecule has 0 heterocycles. The fourth-order valence-electron chi connectivity index (χ4n) is 0. The van der Waals surface area contributed by atoms with Crippen molar-refractivity contribution in [2.24, 2.45) is 0 Å². The molecule has 4 heavy (non-hydrogen) atoms. The zero-order valence-corrected chi connectivity index (χ0v) is 6.49. The van der Waals surface area contributed by atoms with Gasteiger partial charge in [-0.25, -0.2) is 0 Å². The molecule has 0 saturated carbocycles. The molecule has 0 aromatic carbocycles. The Morgan fingerprint density at radius 3 is 1.25 bits per heavy atom. The molecule has 0 spiro atoms. The molecule has 23 valence electrons. The first kappa shape index (κ1) is 16.8. The molecule has 0 aliphatic carbocycles. The van der Waals surface area contributed by atoms with Crippen molar-refractivity contribution in [1.82, 2.24) is 0 Å². The average molecular weight is 316 g/mol. The first-order chi connectivity index (χ1) is 1.00. The molecule has 2 radical (unpaired) electrons. The van der Waals surface area contributed by atoms with Crippen molar-refractivity contribution >= 4 is 20.5 Å². The Bertz CT molecular complexity index is 8.00. The number of rotatable bonds is 0. The Morgan fingerprint density at radius 2 is 1.25 bits per heavy atom. The van der Waals surface area contributed by atoms with Crippen LogP contribution in [-0.2, 0) is 36.8 Å². The Hall–Kier alpha value is 1.91. The molecule has 0 aromatic heterocycles. The third kappa shape index (κ3) is 9.08. The van der Waals surface area contributed by atoms with Crippen molar-refractivity contribution in [2.75, 3.05) is 0 Å². The van der Waals surface area contributed by atoms with Crippen LogP contribution >= 0.6 is 20.5 Å². The second-order valence-electron chi connectivity index (χ2n) is 0. The summed E-state index contributed by atoms with van der Waals surface area (Å²) in [5, 5.41) is 0. The zero-order valence-electron chi connectivity index (χ0n) is 1.51. The molecule has 0 bridgehead atoms. The minimum atomic E-state index is 0. The van der Waals surface area contributed by atoms with Crippen LogP contribution in [-0.4, -0.2) is 0 Å². The Balaban J connectivity index is -0.00000000500. The van der Waals surface area contributed by atoms with Crippen molar-refractivity contribution in [1.29, 1.82) is 0 Å². The van der Waals surface area contributed by atoms with E-state index in [-0.39, 0.29) is 32.3 Å². The fraction of sp³-hybridized carbons (Fsp3) is 0. The maximum atomic E-state index is 3.83. The quantitative estimate of drug-likeness (QED) is 0.482. The molecule has 4 heteroatoms. The van der Waals surface area contributed by atoms with Crippen LogP contribution < -0.4 is 0 Å². The molecule has 0 aliphatic rings. The van der Waals surface area contributed by atoms with Crippen molar-refractivity contribution in [2.45, 2.75) is 0 Å². The van der Waals surface area contributed by atoms with Gasteiger partial charge in [0.15, 0.2) is 0 Å². The minimum absolute atomic E-state index is 0. The predicted octanol–water partition coefficient (Wildman–Crippen LogP) is 1.50. The van der Waals surface area contributed by atoms with Gasteiger partial charge >= 0.3 is 57.2 Å². The summed E-state index contributed by atoms with van der Waals surface area (Å²) < 4.78 is 0. The summed E-state index contributed by atoms with van der Waals surface area (Å²) in [6.45, 7) is 0. The molecule has 0 fully saturated rings. The van der Waals surface area contributed by atoms with Crippen molar-refractivity contribution in [3.05, 3.63) is 0 Å². The third-order valence-corrected chi connectivity index (χ3v) is 0. The van der Waals surface area contributed by atoms with Crippen LogP contribution in [0.3, 0.4) is 0 Å². The van der Waals surface area contributed by atoms with Gasteiger partial charge in [0, 0.05) is 0 Å². The van der Waals surface area contributed by atoms with Gasteiger partial charge in [-0.3, -0.25) is 0 Å². The van der Waals surface area contributed by atoms with E-state index in [9.17, 15) is 0 Å². The van der Waals surface area contributed by atoms with E-state index >= 15 is 0 Å². The van der Waals surface area contributed by atoms with Crippen molar-refractivity contribution in [3.63, 3.8) is 0 Å². The zero-order chi connectivity index (χ0) is 2.00. The Morgan fingerprint density at radius 1 is 1.25 bits per heavy atom. The van der Waals surface area contributed by atoms with Crippen LogP contribution in [0.5, 0.6) is 0 Å². The summed E-state index contributed by atoms with van der Waals surface area (Å²) in [6.07, 6.45) is 0. The first-order valence-electron chi connectivity index (χ1n) is 0.144. The van der Waals surface area contributed by atoms with Gasteiger partial charge in [0.1, 0.15) is 0 Å². The van der Waals surface area contributed by atoms with E-state index < -0.39 is 0 Å². The second-order valence-corrected chi connectivity index (χ2v) is 0. The summed E-state index contributed by atoms with van der Waals surface area (Å²) >= 11 is 2.83.